The molecule has 42 heavy (non-hydrogen) atoms. The number of nitro groups is 1. The van der Waals surface area contributed by atoms with Gasteiger partial charge in [0.15, 0.2) is 0 Å². The minimum absolute atomic E-state index is 0.0470. The third-order valence-corrected chi connectivity index (χ3v) is 7.74. The summed E-state index contributed by atoms with van der Waals surface area (Å²) in [7, 11) is 0. The maximum atomic E-state index is 13.7. The van der Waals surface area contributed by atoms with E-state index in [2.05, 4.69) is 29.3 Å². The summed E-state index contributed by atoms with van der Waals surface area (Å²) in [5.74, 6) is -2.19. The number of non-ortho nitro benzene ring substituents is 1. The minimum Gasteiger partial charge on any atom is -0.462 e. The second-order valence-corrected chi connectivity index (χ2v) is 10.8. The van der Waals surface area contributed by atoms with Gasteiger partial charge in [-0.25, -0.2) is 9.59 Å². The van der Waals surface area contributed by atoms with Crippen LogP contribution in [0.25, 0.3) is 0 Å². The Balaban J connectivity index is 1.53. The molecule has 2 aliphatic heterocycles. The van der Waals surface area contributed by atoms with Crippen LogP contribution >= 0.6 is 0 Å². The summed E-state index contributed by atoms with van der Waals surface area (Å²) in [6.07, 6.45) is 4.73. The summed E-state index contributed by atoms with van der Waals surface area (Å²) in [6, 6.07) is 16.1. The number of carbonyl (C=O) groups is 2. The van der Waals surface area contributed by atoms with Crippen LogP contribution in [-0.4, -0.2) is 47.6 Å². The number of dihydropyridines is 1. The Kier molecular flexibility index (Phi) is 10.7. The number of allylic oxidation sites excluding steroid dienone is 1. The number of esters is 2. The topological polar surface area (TPSA) is 137 Å². The lowest BCUT2D eigenvalue weighted by atomic mass is 9.81. The number of unbranched alkanes of at least 4 members (excludes halogenated alkanes) is 3. The maximum Gasteiger partial charge on any atom is 0.338 e. The Morgan fingerprint density at radius 3 is 2.45 bits per heavy atom. The molecule has 10 heteroatoms. The zero-order valence-corrected chi connectivity index (χ0v) is 24.3. The normalized spacial score (nSPS) is 18.0. The van der Waals surface area contributed by atoms with Gasteiger partial charge in [0.25, 0.3) is 5.69 Å². The van der Waals surface area contributed by atoms with Gasteiger partial charge < -0.3 is 20.5 Å². The zero-order valence-electron chi connectivity index (χ0n) is 24.3. The third-order valence-electron chi connectivity index (χ3n) is 7.74. The first-order valence-corrected chi connectivity index (χ1v) is 14.6. The summed E-state index contributed by atoms with van der Waals surface area (Å²) >= 11 is 0. The van der Waals surface area contributed by atoms with E-state index in [-0.39, 0.29) is 35.4 Å². The molecule has 224 valence electrons. The Bertz CT molecular complexity index is 1330. The van der Waals surface area contributed by atoms with Gasteiger partial charge in [0.1, 0.15) is 11.9 Å². The predicted molar refractivity (Wildman–Crippen MR) is 159 cm³/mol. The largest absolute Gasteiger partial charge is 0.462 e. The standard InChI is InChI=1S/C32H40N4O6/c1-3-4-5-9-19-41-31(37)27-22(2)34-30(33)29(28(27)24-13-10-14-25(20-24)36(39)40)32(38)42-26-15-17-35(18-16-26)21-23-11-7-6-8-12-23/h6-8,10-14,20,26,28,34H,3-5,9,15-19,21,33H2,1-2H3. The number of rotatable bonds is 12. The van der Waals surface area contributed by atoms with Gasteiger partial charge in [-0.1, -0.05) is 68.7 Å². The molecule has 2 heterocycles. The number of nitrogens with two attached hydrogens (primary N) is 1. The fraction of sp³-hybridized carbons (Fsp3) is 0.438. The lowest BCUT2D eigenvalue weighted by Gasteiger charge is -2.34. The number of ether oxygens (including phenoxy) is 2. The molecule has 0 saturated carbocycles. The van der Waals surface area contributed by atoms with Gasteiger partial charge in [0.2, 0.25) is 0 Å². The second kappa shape index (κ2) is 14.6. The average Bonchev–Trinajstić information content (AvgIpc) is 2.98. The van der Waals surface area contributed by atoms with Crippen LogP contribution in [0.4, 0.5) is 5.69 Å². The fourth-order valence-electron chi connectivity index (χ4n) is 5.52. The average molecular weight is 577 g/mol. The first-order chi connectivity index (χ1) is 20.3. The van der Waals surface area contributed by atoms with Crippen LogP contribution in [0.5, 0.6) is 0 Å². The highest BCUT2D eigenvalue weighted by atomic mass is 16.6. The van der Waals surface area contributed by atoms with E-state index < -0.39 is 22.8 Å². The molecule has 2 aromatic carbocycles. The first-order valence-electron chi connectivity index (χ1n) is 14.6. The Hall–Kier alpha value is -4.18. The molecule has 1 saturated heterocycles. The Labute approximate surface area is 246 Å². The molecule has 0 radical (unpaired) electrons. The van der Waals surface area contributed by atoms with Gasteiger partial charge >= 0.3 is 11.9 Å². The summed E-state index contributed by atoms with van der Waals surface area (Å²) in [6.45, 7) is 6.37. The van der Waals surface area contributed by atoms with Crippen molar-refractivity contribution in [3.63, 3.8) is 0 Å². The SMILES string of the molecule is CCCCCCOC(=O)C1=C(C)NC(N)=C(C(=O)OC2CCN(Cc3ccccc3)CC2)C1c1cccc([N+](=O)[O-])c1. The summed E-state index contributed by atoms with van der Waals surface area (Å²) in [5, 5.41) is 14.5. The van der Waals surface area contributed by atoms with E-state index in [9.17, 15) is 19.7 Å². The van der Waals surface area contributed by atoms with Gasteiger partial charge in [-0.2, -0.15) is 0 Å². The monoisotopic (exact) mass is 576 g/mol. The van der Waals surface area contributed by atoms with E-state index in [1.165, 1.54) is 23.8 Å². The summed E-state index contributed by atoms with van der Waals surface area (Å²) in [4.78, 5) is 40.5. The van der Waals surface area contributed by atoms with E-state index >= 15 is 0 Å². The Morgan fingerprint density at radius 1 is 1.02 bits per heavy atom. The van der Waals surface area contributed by atoms with Gasteiger partial charge in [0, 0.05) is 37.5 Å². The van der Waals surface area contributed by atoms with E-state index in [1.807, 2.05) is 18.2 Å². The molecule has 0 bridgehead atoms. The number of carbonyl (C=O) groups excluding carboxylic acids is 2. The van der Waals surface area contributed by atoms with Crippen LogP contribution in [0.2, 0.25) is 0 Å². The number of nitrogens with zero attached hydrogens (tertiary/aromatic N) is 2. The predicted octanol–water partition coefficient (Wildman–Crippen LogP) is 5.06. The van der Waals surface area contributed by atoms with Crippen molar-refractivity contribution in [1.29, 1.82) is 0 Å². The van der Waals surface area contributed by atoms with Crippen molar-refractivity contribution in [3.8, 4) is 0 Å². The molecule has 0 spiro atoms. The van der Waals surface area contributed by atoms with Crippen molar-refractivity contribution < 1.29 is 24.0 Å². The molecular weight excluding hydrogens is 536 g/mol. The van der Waals surface area contributed by atoms with Crippen LogP contribution in [0.3, 0.4) is 0 Å². The molecular formula is C32H40N4O6. The highest BCUT2D eigenvalue weighted by Gasteiger charge is 2.40. The molecule has 2 aliphatic rings. The van der Waals surface area contributed by atoms with Crippen molar-refractivity contribution >= 4 is 17.6 Å². The van der Waals surface area contributed by atoms with E-state index in [0.717, 1.165) is 45.3 Å². The molecule has 3 N–H and O–H groups in total. The molecule has 4 rings (SSSR count). The van der Waals surface area contributed by atoms with Gasteiger partial charge in [-0.3, -0.25) is 15.0 Å². The van der Waals surface area contributed by atoms with E-state index in [4.69, 9.17) is 15.2 Å². The van der Waals surface area contributed by atoms with Crippen LogP contribution in [0, 0.1) is 10.1 Å². The van der Waals surface area contributed by atoms with Gasteiger partial charge in [-0.15, -0.1) is 0 Å². The fourth-order valence-corrected chi connectivity index (χ4v) is 5.52. The van der Waals surface area contributed by atoms with Crippen molar-refractivity contribution in [2.24, 2.45) is 5.73 Å². The van der Waals surface area contributed by atoms with E-state index in [0.29, 0.717) is 24.1 Å². The van der Waals surface area contributed by atoms with Crippen LogP contribution in [0.15, 0.2) is 77.3 Å². The molecule has 2 aromatic rings. The number of likely N-dealkylation sites (tertiary alicyclic amines) is 1. The second-order valence-electron chi connectivity index (χ2n) is 10.8. The molecule has 1 fully saturated rings. The van der Waals surface area contributed by atoms with Crippen molar-refractivity contribution in [1.82, 2.24) is 10.2 Å². The number of nitrogens with one attached hydrogen (secondary N) is 1. The molecule has 1 atom stereocenters. The molecule has 1 unspecified atom stereocenters. The molecule has 10 nitrogen and oxygen atoms in total. The number of hydrogen-bond acceptors (Lipinski definition) is 9. The quantitative estimate of drug-likeness (QED) is 0.154. The van der Waals surface area contributed by atoms with Crippen molar-refractivity contribution in [2.45, 2.75) is 70.9 Å². The zero-order chi connectivity index (χ0) is 30.1. The highest BCUT2D eigenvalue weighted by Crippen LogP contribution is 2.40. The molecule has 0 aromatic heterocycles. The smallest absolute Gasteiger partial charge is 0.338 e. The third kappa shape index (κ3) is 7.76. The molecule has 0 amide bonds. The minimum atomic E-state index is -0.986. The summed E-state index contributed by atoms with van der Waals surface area (Å²) < 4.78 is 11.6. The lowest BCUT2D eigenvalue weighted by Crippen LogP contribution is -2.40. The van der Waals surface area contributed by atoms with Gasteiger partial charge in [0.05, 0.1) is 28.6 Å². The van der Waals surface area contributed by atoms with E-state index in [1.54, 1.807) is 13.0 Å². The number of piperidine rings is 1. The first kappa shape index (κ1) is 30.8. The maximum absolute atomic E-state index is 13.7. The van der Waals surface area contributed by atoms with Crippen molar-refractivity contribution in [3.05, 3.63) is 98.5 Å². The summed E-state index contributed by atoms with van der Waals surface area (Å²) in [5.41, 5.74) is 8.48. The number of nitro benzene ring substituents is 1. The number of hydrogen-bond donors (Lipinski definition) is 2. The van der Waals surface area contributed by atoms with Crippen LogP contribution in [0.1, 0.15) is 69.4 Å². The number of benzene rings is 2. The molecule has 0 aliphatic carbocycles. The van der Waals surface area contributed by atoms with Crippen molar-refractivity contribution in [2.75, 3.05) is 19.7 Å². The lowest BCUT2D eigenvalue weighted by molar-refractivity contribution is -0.384. The highest BCUT2D eigenvalue weighted by molar-refractivity contribution is 6.00. The van der Waals surface area contributed by atoms with Crippen LogP contribution in [-0.2, 0) is 25.6 Å². The van der Waals surface area contributed by atoms with Crippen LogP contribution < -0.4 is 11.1 Å². The Morgan fingerprint density at radius 2 is 1.76 bits per heavy atom. The van der Waals surface area contributed by atoms with Gasteiger partial charge in [-0.05, 0) is 37.3 Å².